The van der Waals surface area contributed by atoms with Crippen molar-refractivity contribution in [3.05, 3.63) is 36.0 Å². The Morgan fingerprint density at radius 2 is 2.05 bits per heavy atom. The SMILES string of the molecule is O=C(O)CN1CCC(c2c[nH]c3ccccc23)CC1. The number of piperidine rings is 1. The van der Waals surface area contributed by atoms with E-state index in [4.69, 9.17) is 5.11 Å². The number of aromatic nitrogens is 1. The average molecular weight is 258 g/mol. The third kappa shape index (κ3) is 2.49. The Hall–Kier alpha value is -1.81. The highest BCUT2D eigenvalue weighted by Crippen LogP contribution is 2.32. The molecule has 0 unspecified atom stereocenters. The van der Waals surface area contributed by atoms with Gasteiger partial charge in [-0.1, -0.05) is 18.2 Å². The number of hydrogen-bond acceptors (Lipinski definition) is 2. The van der Waals surface area contributed by atoms with Crippen molar-refractivity contribution in [2.75, 3.05) is 19.6 Å². The number of H-pyrrole nitrogens is 1. The number of carboxylic acid groups (broad SMARTS) is 1. The molecule has 0 spiro atoms. The average Bonchev–Trinajstić information content (AvgIpc) is 2.83. The number of aromatic amines is 1. The molecule has 1 aliphatic rings. The number of nitrogens with one attached hydrogen (secondary N) is 1. The number of fused-ring (bicyclic) bond motifs is 1. The Balaban J connectivity index is 1.73. The number of carboxylic acids is 1. The molecule has 1 aliphatic heterocycles. The minimum absolute atomic E-state index is 0.167. The largest absolute Gasteiger partial charge is 0.480 e. The monoisotopic (exact) mass is 258 g/mol. The highest BCUT2D eigenvalue weighted by Gasteiger charge is 2.23. The molecule has 0 amide bonds. The van der Waals surface area contributed by atoms with Crippen molar-refractivity contribution in [3.8, 4) is 0 Å². The molecule has 1 aromatic heterocycles. The summed E-state index contributed by atoms with van der Waals surface area (Å²) in [6.07, 6.45) is 4.19. The molecule has 1 fully saturated rings. The van der Waals surface area contributed by atoms with E-state index in [1.54, 1.807) is 0 Å². The number of hydrogen-bond donors (Lipinski definition) is 2. The van der Waals surface area contributed by atoms with Crippen LogP contribution in [0.1, 0.15) is 24.3 Å². The molecular formula is C15H18N2O2. The third-order valence-corrected chi connectivity index (χ3v) is 4.01. The third-order valence-electron chi connectivity index (χ3n) is 4.01. The van der Waals surface area contributed by atoms with Crippen LogP contribution in [0.2, 0.25) is 0 Å². The van der Waals surface area contributed by atoms with E-state index in [9.17, 15) is 4.79 Å². The van der Waals surface area contributed by atoms with Crippen molar-refractivity contribution in [2.24, 2.45) is 0 Å². The van der Waals surface area contributed by atoms with Gasteiger partial charge in [-0.25, -0.2) is 0 Å². The summed E-state index contributed by atoms with van der Waals surface area (Å²) in [5.74, 6) is -0.188. The van der Waals surface area contributed by atoms with Gasteiger partial charge >= 0.3 is 5.97 Å². The summed E-state index contributed by atoms with van der Waals surface area (Å²) in [7, 11) is 0. The van der Waals surface area contributed by atoms with E-state index in [2.05, 4.69) is 29.4 Å². The van der Waals surface area contributed by atoms with E-state index in [0.29, 0.717) is 5.92 Å². The van der Waals surface area contributed by atoms with Crippen LogP contribution in [0.3, 0.4) is 0 Å². The summed E-state index contributed by atoms with van der Waals surface area (Å²) < 4.78 is 0. The molecule has 0 bridgehead atoms. The highest BCUT2D eigenvalue weighted by molar-refractivity contribution is 5.83. The fourth-order valence-corrected chi connectivity index (χ4v) is 3.03. The Bertz CT molecular complexity index is 583. The Morgan fingerprint density at radius 3 is 2.79 bits per heavy atom. The van der Waals surface area contributed by atoms with Crippen molar-refractivity contribution >= 4 is 16.9 Å². The summed E-state index contributed by atoms with van der Waals surface area (Å²) in [6, 6.07) is 8.36. The van der Waals surface area contributed by atoms with Crippen LogP contribution in [0.5, 0.6) is 0 Å². The predicted octanol–water partition coefficient (Wildman–Crippen LogP) is 2.43. The number of carbonyl (C=O) groups is 1. The molecule has 2 aromatic rings. The summed E-state index contributed by atoms with van der Waals surface area (Å²) >= 11 is 0. The maximum absolute atomic E-state index is 10.7. The second kappa shape index (κ2) is 5.05. The van der Waals surface area contributed by atoms with Crippen LogP contribution < -0.4 is 0 Å². The van der Waals surface area contributed by atoms with E-state index >= 15 is 0 Å². The molecular weight excluding hydrogens is 240 g/mol. The lowest BCUT2D eigenvalue weighted by atomic mass is 9.89. The zero-order valence-corrected chi connectivity index (χ0v) is 10.8. The van der Waals surface area contributed by atoms with Gasteiger partial charge in [0.1, 0.15) is 0 Å². The van der Waals surface area contributed by atoms with Crippen LogP contribution in [0, 0.1) is 0 Å². The Labute approximate surface area is 112 Å². The fraction of sp³-hybridized carbons (Fsp3) is 0.400. The Morgan fingerprint density at radius 1 is 1.32 bits per heavy atom. The molecule has 4 heteroatoms. The smallest absolute Gasteiger partial charge is 0.317 e. The molecule has 0 saturated carbocycles. The number of aliphatic carboxylic acids is 1. The molecule has 0 aliphatic carbocycles. The van der Waals surface area contributed by atoms with E-state index in [1.807, 2.05) is 11.0 Å². The minimum Gasteiger partial charge on any atom is -0.480 e. The van der Waals surface area contributed by atoms with Crippen LogP contribution in [0.15, 0.2) is 30.5 Å². The van der Waals surface area contributed by atoms with Crippen LogP contribution in [-0.2, 0) is 4.79 Å². The lowest BCUT2D eigenvalue weighted by molar-refractivity contribution is -0.138. The molecule has 0 radical (unpaired) electrons. The molecule has 2 heterocycles. The molecule has 4 nitrogen and oxygen atoms in total. The molecule has 2 N–H and O–H groups in total. The maximum Gasteiger partial charge on any atom is 0.317 e. The van der Waals surface area contributed by atoms with Gasteiger partial charge in [-0.2, -0.15) is 0 Å². The van der Waals surface area contributed by atoms with Gasteiger partial charge in [-0.15, -0.1) is 0 Å². The van der Waals surface area contributed by atoms with Crippen molar-refractivity contribution < 1.29 is 9.90 Å². The summed E-state index contributed by atoms with van der Waals surface area (Å²) in [5, 5.41) is 10.1. The van der Waals surface area contributed by atoms with Crippen LogP contribution in [0.4, 0.5) is 0 Å². The van der Waals surface area contributed by atoms with Gasteiger partial charge in [0.15, 0.2) is 0 Å². The summed E-state index contributed by atoms with van der Waals surface area (Å²) in [6.45, 7) is 1.91. The standard InChI is InChI=1S/C15H18N2O2/c18-15(19)10-17-7-5-11(6-8-17)13-9-16-14-4-2-1-3-12(13)14/h1-4,9,11,16H,5-8,10H2,(H,18,19). The van der Waals surface area contributed by atoms with Crippen molar-refractivity contribution in [1.29, 1.82) is 0 Å². The van der Waals surface area contributed by atoms with E-state index in [1.165, 1.54) is 16.5 Å². The van der Waals surface area contributed by atoms with Crippen molar-refractivity contribution in [1.82, 2.24) is 9.88 Å². The first-order chi connectivity index (χ1) is 9.24. The van der Waals surface area contributed by atoms with Gasteiger partial charge in [0, 0.05) is 17.1 Å². The van der Waals surface area contributed by atoms with Gasteiger partial charge in [-0.05, 0) is 43.5 Å². The van der Waals surface area contributed by atoms with Crippen LogP contribution >= 0.6 is 0 Å². The lowest BCUT2D eigenvalue weighted by Crippen LogP contribution is -2.36. The van der Waals surface area contributed by atoms with Gasteiger partial charge in [0.2, 0.25) is 0 Å². The highest BCUT2D eigenvalue weighted by atomic mass is 16.4. The fourth-order valence-electron chi connectivity index (χ4n) is 3.03. The van der Waals surface area contributed by atoms with Gasteiger partial charge in [0.25, 0.3) is 0 Å². The quantitative estimate of drug-likeness (QED) is 0.889. The van der Waals surface area contributed by atoms with Gasteiger partial charge in [0.05, 0.1) is 6.54 Å². The van der Waals surface area contributed by atoms with Gasteiger partial charge in [-0.3, -0.25) is 9.69 Å². The van der Waals surface area contributed by atoms with Crippen LogP contribution in [-0.4, -0.2) is 40.6 Å². The maximum atomic E-state index is 10.7. The minimum atomic E-state index is -0.731. The molecule has 19 heavy (non-hydrogen) atoms. The molecule has 3 rings (SSSR count). The molecule has 1 aromatic carbocycles. The normalized spacial score (nSPS) is 17.9. The van der Waals surface area contributed by atoms with Crippen LogP contribution in [0.25, 0.3) is 10.9 Å². The summed E-state index contributed by atoms with van der Waals surface area (Å²) in [4.78, 5) is 16.0. The molecule has 1 saturated heterocycles. The van der Waals surface area contributed by atoms with E-state index in [0.717, 1.165) is 25.9 Å². The Kier molecular flexibility index (Phi) is 3.25. The second-order valence-electron chi connectivity index (χ2n) is 5.23. The zero-order valence-electron chi connectivity index (χ0n) is 10.8. The van der Waals surface area contributed by atoms with Gasteiger partial charge < -0.3 is 10.1 Å². The molecule has 0 atom stereocenters. The van der Waals surface area contributed by atoms with E-state index < -0.39 is 5.97 Å². The topological polar surface area (TPSA) is 56.3 Å². The first-order valence-electron chi connectivity index (χ1n) is 6.74. The first kappa shape index (κ1) is 12.2. The van der Waals surface area contributed by atoms with Crippen molar-refractivity contribution in [2.45, 2.75) is 18.8 Å². The number of benzene rings is 1. The number of likely N-dealkylation sites (tertiary alicyclic amines) is 1. The molecule has 100 valence electrons. The zero-order chi connectivity index (χ0) is 13.2. The number of para-hydroxylation sites is 1. The second-order valence-corrected chi connectivity index (χ2v) is 5.23. The van der Waals surface area contributed by atoms with E-state index in [-0.39, 0.29) is 6.54 Å². The number of rotatable bonds is 3. The lowest BCUT2D eigenvalue weighted by Gasteiger charge is -2.30. The first-order valence-corrected chi connectivity index (χ1v) is 6.74. The van der Waals surface area contributed by atoms with Crippen molar-refractivity contribution in [3.63, 3.8) is 0 Å². The predicted molar refractivity (Wildman–Crippen MR) is 74.3 cm³/mol. The number of nitrogens with zero attached hydrogens (tertiary/aromatic N) is 1. The summed E-state index contributed by atoms with van der Waals surface area (Å²) in [5.41, 5.74) is 2.57.